The van der Waals surface area contributed by atoms with Crippen molar-refractivity contribution in [2.45, 2.75) is 18.3 Å². The summed E-state index contributed by atoms with van der Waals surface area (Å²) >= 11 is 0. The van der Waals surface area contributed by atoms with Crippen molar-refractivity contribution < 1.29 is 4.79 Å². The molecule has 2 aliphatic rings. The summed E-state index contributed by atoms with van der Waals surface area (Å²) in [5.41, 5.74) is 2.68. The van der Waals surface area contributed by atoms with Crippen LogP contribution in [-0.4, -0.2) is 37.0 Å². The summed E-state index contributed by atoms with van der Waals surface area (Å²) in [6.45, 7) is 3.38. The summed E-state index contributed by atoms with van der Waals surface area (Å²) in [6.07, 6.45) is 0.926. The van der Waals surface area contributed by atoms with Crippen LogP contribution >= 0.6 is 0 Å². The van der Waals surface area contributed by atoms with Crippen molar-refractivity contribution in [2.75, 3.05) is 31.1 Å². The molecule has 0 radical (unpaired) electrons. The van der Waals surface area contributed by atoms with E-state index in [1.807, 2.05) is 17.0 Å². The maximum atomic E-state index is 12.3. The Hall–Kier alpha value is -2.80. The van der Waals surface area contributed by atoms with Crippen LogP contribution < -0.4 is 4.90 Å². The van der Waals surface area contributed by atoms with Gasteiger partial charge in [-0.15, -0.1) is 0 Å². The van der Waals surface area contributed by atoms with Gasteiger partial charge in [0.1, 0.15) is 6.42 Å². The Morgan fingerprint density at radius 2 is 1.77 bits per heavy atom. The predicted octanol–water partition coefficient (Wildman–Crippen LogP) is 3.21. The summed E-state index contributed by atoms with van der Waals surface area (Å²) in [7, 11) is 0. The minimum Gasteiger partial charge on any atom is -0.370 e. The van der Waals surface area contributed by atoms with E-state index in [9.17, 15) is 4.79 Å². The highest BCUT2D eigenvalue weighted by Crippen LogP contribution is 2.46. The molecule has 0 aliphatic carbocycles. The van der Waals surface area contributed by atoms with Crippen LogP contribution in [-0.2, 0) is 10.2 Å². The SMILES string of the molecule is N#CCC(=O)N1CC[C@@]2(c3ccccc3)CN(c3ccccc3)C[C@H]2C1. The smallest absolute Gasteiger partial charge is 0.236 e. The number of likely N-dealkylation sites (tertiary alicyclic amines) is 1. The summed E-state index contributed by atoms with van der Waals surface area (Å²) in [6, 6.07) is 23.3. The van der Waals surface area contributed by atoms with Crippen LogP contribution in [0, 0.1) is 17.2 Å². The van der Waals surface area contributed by atoms with Gasteiger partial charge in [-0.25, -0.2) is 0 Å². The van der Waals surface area contributed by atoms with Gasteiger partial charge >= 0.3 is 0 Å². The molecule has 2 heterocycles. The van der Waals surface area contributed by atoms with Crippen molar-refractivity contribution in [3.8, 4) is 6.07 Å². The Morgan fingerprint density at radius 3 is 2.46 bits per heavy atom. The molecule has 2 aromatic rings. The molecule has 1 amide bonds. The number of nitrogens with zero attached hydrogens (tertiary/aromatic N) is 3. The number of benzene rings is 2. The summed E-state index contributed by atoms with van der Waals surface area (Å²) in [4.78, 5) is 16.6. The highest BCUT2D eigenvalue weighted by Gasteiger charge is 2.51. The molecular weight excluding hydrogens is 322 g/mol. The van der Waals surface area contributed by atoms with Gasteiger partial charge in [0.05, 0.1) is 6.07 Å². The molecule has 0 N–H and O–H groups in total. The van der Waals surface area contributed by atoms with E-state index in [-0.39, 0.29) is 17.7 Å². The van der Waals surface area contributed by atoms with Crippen molar-refractivity contribution in [1.82, 2.24) is 4.90 Å². The largest absolute Gasteiger partial charge is 0.370 e. The number of hydrogen-bond donors (Lipinski definition) is 0. The van der Waals surface area contributed by atoms with Crippen LogP contribution in [0.4, 0.5) is 5.69 Å². The number of hydrogen-bond acceptors (Lipinski definition) is 3. The zero-order valence-corrected chi connectivity index (χ0v) is 14.8. The first-order chi connectivity index (χ1) is 12.7. The number of rotatable bonds is 3. The highest BCUT2D eigenvalue weighted by molar-refractivity contribution is 5.78. The maximum Gasteiger partial charge on any atom is 0.236 e. The van der Waals surface area contributed by atoms with Crippen molar-refractivity contribution in [1.29, 1.82) is 5.26 Å². The molecule has 2 atom stereocenters. The topological polar surface area (TPSA) is 47.3 Å². The van der Waals surface area contributed by atoms with Crippen molar-refractivity contribution in [3.05, 3.63) is 66.2 Å². The molecule has 0 aromatic heterocycles. The van der Waals surface area contributed by atoms with Crippen LogP contribution in [0.15, 0.2) is 60.7 Å². The van der Waals surface area contributed by atoms with Crippen molar-refractivity contribution in [3.63, 3.8) is 0 Å². The molecule has 0 bridgehead atoms. The molecule has 4 nitrogen and oxygen atoms in total. The first-order valence-corrected chi connectivity index (χ1v) is 9.23. The third-order valence-electron chi connectivity index (χ3n) is 6.02. The van der Waals surface area contributed by atoms with E-state index < -0.39 is 0 Å². The highest BCUT2D eigenvalue weighted by atomic mass is 16.2. The van der Waals surface area contributed by atoms with Crippen LogP contribution in [0.25, 0.3) is 0 Å². The van der Waals surface area contributed by atoms with Gasteiger partial charge in [-0.2, -0.15) is 5.26 Å². The summed E-state index contributed by atoms with van der Waals surface area (Å²) in [5, 5.41) is 8.87. The molecule has 0 spiro atoms. The van der Waals surface area contributed by atoms with Crippen LogP contribution in [0.3, 0.4) is 0 Å². The van der Waals surface area contributed by atoms with Crippen molar-refractivity contribution >= 4 is 11.6 Å². The molecule has 2 aromatic carbocycles. The van der Waals surface area contributed by atoms with Gasteiger partial charge in [0.25, 0.3) is 0 Å². The van der Waals surface area contributed by atoms with Gasteiger partial charge in [0.2, 0.25) is 5.91 Å². The van der Waals surface area contributed by atoms with E-state index in [0.29, 0.717) is 5.92 Å². The fourth-order valence-corrected chi connectivity index (χ4v) is 4.67. The molecule has 132 valence electrons. The van der Waals surface area contributed by atoms with E-state index in [0.717, 1.165) is 32.6 Å². The second-order valence-corrected chi connectivity index (χ2v) is 7.36. The number of piperidine rings is 1. The third-order valence-corrected chi connectivity index (χ3v) is 6.02. The molecule has 2 aliphatic heterocycles. The summed E-state index contributed by atoms with van der Waals surface area (Å²) < 4.78 is 0. The fraction of sp³-hybridized carbons (Fsp3) is 0.364. The number of carbonyl (C=O) groups excluding carboxylic acids is 1. The zero-order valence-electron chi connectivity index (χ0n) is 14.8. The molecule has 26 heavy (non-hydrogen) atoms. The quantitative estimate of drug-likeness (QED) is 0.858. The third kappa shape index (κ3) is 2.84. The minimum absolute atomic E-state index is 0.0204. The van der Waals surface area contributed by atoms with E-state index in [4.69, 9.17) is 5.26 Å². The van der Waals surface area contributed by atoms with E-state index in [1.165, 1.54) is 11.3 Å². The van der Waals surface area contributed by atoms with Gasteiger partial charge in [-0.05, 0) is 24.1 Å². The van der Waals surface area contributed by atoms with E-state index >= 15 is 0 Å². The number of anilines is 1. The molecule has 4 rings (SSSR count). The lowest BCUT2D eigenvalue weighted by Gasteiger charge is -2.43. The lowest BCUT2D eigenvalue weighted by atomic mass is 9.68. The number of para-hydroxylation sites is 1. The molecule has 2 saturated heterocycles. The average Bonchev–Trinajstić information content (AvgIpc) is 3.09. The summed E-state index contributed by atoms with van der Waals surface area (Å²) in [5.74, 6) is 0.342. The number of amides is 1. The standard InChI is InChI=1S/C22H23N3O/c23-13-11-21(26)24-14-12-22(18-7-3-1-4-8-18)17-25(16-19(22)15-24)20-9-5-2-6-10-20/h1-10,19H,11-12,14-17H2/t19-,22+/m1/s1. The van der Waals surface area contributed by atoms with Crippen LogP contribution in [0.5, 0.6) is 0 Å². The van der Waals surface area contributed by atoms with Gasteiger partial charge in [-0.3, -0.25) is 4.79 Å². The van der Waals surface area contributed by atoms with Gasteiger partial charge in [0, 0.05) is 43.2 Å². The molecular formula is C22H23N3O. The monoisotopic (exact) mass is 345 g/mol. The van der Waals surface area contributed by atoms with Gasteiger partial charge in [-0.1, -0.05) is 48.5 Å². The number of nitriles is 1. The second-order valence-electron chi connectivity index (χ2n) is 7.36. The Balaban J connectivity index is 1.66. The lowest BCUT2D eigenvalue weighted by Crippen LogP contribution is -2.51. The number of fused-ring (bicyclic) bond motifs is 1. The van der Waals surface area contributed by atoms with Gasteiger partial charge in [0.15, 0.2) is 0 Å². The lowest BCUT2D eigenvalue weighted by molar-refractivity contribution is -0.132. The Morgan fingerprint density at radius 1 is 1.08 bits per heavy atom. The molecule has 2 fully saturated rings. The van der Waals surface area contributed by atoms with E-state index in [2.05, 4.69) is 59.5 Å². The zero-order chi connectivity index (χ0) is 18.0. The molecule has 0 saturated carbocycles. The van der Waals surface area contributed by atoms with Crippen LogP contribution in [0.2, 0.25) is 0 Å². The fourth-order valence-electron chi connectivity index (χ4n) is 4.67. The normalized spacial score (nSPS) is 24.8. The first kappa shape index (κ1) is 16.7. The Labute approximate surface area is 154 Å². The Bertz CT molecular complexity index is 814. The number of carbonyl (C=O) groups is 1. The predicted molar refractivity (Wildman–Crippen MR) is 102 cm³/mol. The van der Waals surface area contributed by atoms with E-state index in [1.54, 1.807) is 0 Å². The van der Waals surface area contributed by atoms with Gasteiger partial charge < -0.3 is 9.80 Å². The Kier molecular flexibility index (Phi) is 4.38. The molecule has 4 heteroatoms. The average molecular weight is 345 g/mol. The maximum absolute atomic E-state index is 12.3. The first-order valence-electron chi connectivity index (χ1n) is 9.23. The minimum atomic E-state index is -0.0349. The van der Waals surface area contributed by atoms with Crippen molar-refractivity contribution in [2.24, 2.45) is 5.92 Å². The van der Waals surface area contributed by atoms with Crippen LogP contribution in [0.1, 0.15) is 18.4 Å². The molecule has 0 unspecified atom stereocenters. The second kappa shape index (κ2) is 6.84.